The number of hydrogen-bond acceptors (Lipinski definition) is 0. The van der Waals surface area contributed by atoms with E-state index in [4.69, 9.17) is 0 Å². The zero-order valence-corrected chi connectivity index (χ0v) is 53.2. The summed E-state index contributed by atoms with van der Waals surface area (Å²) >= 11 is 0.941. The average Bonchev–Trinajstić information content (AvgIpc) is 3.81. The number of benzene rings is 2. The molecular weight excluding hydrogens is 1070 g/mol. The fraction of sp³-hybridized carbons (Fsp3) is 0.613. The molecule has 2 aromatic carbocycles. The first-order valence-corrected chi connectivity index (χ1v) is 35.5. The number of nitrogens with zero attached hydrogens (tertiary/aromatic N) is 1. The van der Waals surface area contributed by atoms with Gasteiger partial charge in [-0.05, 0) is 10.8 Å². The summed E-state index contributed by atoms with van der Waals surface area (Å²) in [5.74, 6) is 9.30. The molecule has 13 fully saturated rings. The summed E-state index contributed by atoms with van der Waals surface area (Å²) in [7, 11) is 0. The molecule has 410 valence electrons. The summed E-state index contributed by atoms with van der Waals surface area (Å²) in [6.45, 7) is 24.4. The van der Waals surface area contributed by atoms with Crippen molar-refractivity contribution in [2.75, 3.05) is 0 Å². The van der Waals surface area contributed by atoms with Crippen molar-refractivity contribution in [1.29, 1.82) is 0 Å². The standard InChI is InChI=1S/C75H94NSe2/c1-45-19-46(29-66(77-45)73-36-48-20-49(37-73)22-50(21-48)38-73)11-13-57-32-61(72(8,9)10)33-58(69(57)76-64-17-15-59(70(2,3)4)34-62(64)63-35-60(71(5,6)7)16-18-65(63)76)14-12-47-30-67(74-39-51-23-52(40-74)25-53(24-51)41-74)78-68(31-47)75-42-54-26-55(43-75)28-56(27-54)44-75/h11-19,29-31,34-35,48-56,61H,20-28,32-33,36-44H2,1-10H3/q+1/b46-11+,47-12?,57-13+,58-14+. The number of hydrogen-bond donors (Lipinski definition) is 0. The molecule has 78 heavy (non-hydrogen) atoms. The van der Waals surface area contributed by atoms with Crippen LogP contribution >= 0.6 is 0 Å². The molecule has 13 aliphatic carbocycles. The van der Waals surface area contributed by atoms with Gasteiger partial charge in [0.2, 0.25) is 0 Å². The predicted molar refractivity (Wildman–Crippen MR) is 332 cm³/mol. The molecule has 1 unspecified atom stereocenters. The van der Waals surface area contributed by atoms with Gasteiger partial charge < -0.3 is 0 Å². The molecule has 3 heterocycles. The van der Waals surface area contributed by atoms with Crippen molar-refractivity contribution in [2.45, 2.75) is 208 Å². The van der Waals surface area contributed by atoms with Crippen molar-refractivity contribution in [1.82, 2.24) is 4.58 Å². The van der Waals surface area contributed by atoms with Gasteiger partial charge in [-0.1, -0.05) is 41.5 Å². The molecule has 18 rings (SSSR count). The second-order valence-corrected chi connectivity index (χ2v) is 37.9. The van der Waals surface area contributed by atoms with Crippen LogP contribution < -0.4 is 4.58 Å². The van der Waals surface area contributed by atoms with Crippen LogP contribution in [0, 0.1) is 80.8 Å². The quantitative estimate of drug-likeness (QED) is 0.177. The maximum atomic E-state index is 2.86. The maximum absolute atomic E-state index is 2.86. The van der Waals surface area contributed by atoms with Gasteiger partial charge in [0.1, 0.15) is 0 Å². The molecule has 0 spiro atoms. The topological polar surface area (TPSA) is 3.01 Å². The molecule has 16 aliphatic rings. The minimum absolute atomic E-state index is 0.0541. The van der Waals surface area contributed by atoms with Crippen molar-refractivity contribution < 1.29 is 0 Å². The Bertz CT molecular complexity index is 2940. The normalized spacial score (nSPS) is 39.8. The molecule has 13 saturated carbocycles. The molecule has 12 bridgehead atoms. The molecule has 0 N–H and O–H groups in total. The first kappa shape index (κ1) is 51.9. The van der Waals surface area contributed by atoms with Crippen LogP contribution in [0.15, 0.2) is 125 Å². The zero-order valence-electron chi connectivity index (χ0n) is 49.8. The van der Waals surface area contributed by atoms with Crippen LogP contribution in [-0.2, 0) is 10.8 Å². The predicted octanol–water partition coefficient (Wildman–Crippen LogP) is 19.3. The summed E-state index contributed by atoms with van der Waals surface area (Å²) in [5, 5.41) is 0. The Balaban J connectivity index is 0.926. The summed E-state index contributed by atoms with van der Waals surface area (Å²) < 4.78 is 10.1. The molecule has 2 aromatic rings. The molecule has 0 saturated heterocycles. The van der Waals surface area contributed by atoms with Crippen LogP contribution in [0.3, 0.4) is 0 Å². The Labute approximate surface area is 485 Å². The second kappa shape index (κ2) is 18.3. The third-order valence-corrected chi connectivity index (χ3v) is 29.7. The van der Waals surface area contributed by atoms with E-state index >= 15 is 0 Å². The first-order chi connectivity index (χ1) is 37.1. The van der Waals surface area contributed by atoms with Crippen molar-refractivity contribution in [3.63, 3.8) is 0 Å². The minimum atomic E-state index is 0.0541. The van der Waals surface area contributed by atoms with Crippen molar-refractivity contribution >= 4 is 47.0 Å². The van der Waals surface area contributed by atoms with Gasteiger partial charge in [0.25, 0.3) is 0 Å². The second-order valence-electron chi connectivity index (χ2n) is 32.9. The van der Waals surface area contributed by atoms with Crippen LogP contribution in [0.4, 0.5) is 11.4 Å². The molecule has 0 amide bonds. The third-order valence-electron chi connectivity index (χ3n) is 23.9. The van der Waals surface area contributed by atoms with E-state index < -0.39 is 0 Å². The summed E-state index contributed by atoms with van der Waals surface area (Å²) in [6.07, 6.45) is 50.9. The van der Waals surface area contributed by atoms with Gasteiger partial charge in [-0.3, -0.25) is 0 Å². The monoisotopic (exact) mass is 1170 g/mol. The summed E-state index contributed by atoms with van der Waals surface area (Å²) in [6, 6.07) is 15.1. The summed E-state index contributed by atoms with van der Waals surface area (Å²) in [5.41, 5.74) is 17.5. The molecule has 1 atom stereocenters. The number of fused-ring (bicyclic) bond motifs is 3. The van der Waals surface area contributed by atoms with E-state index in [-0.39, 0.29) is 16.2 Å². The Morgan fingerprint density at radius 3 is 1.10 bits per heavy atom. The van der Waals surface area contributed by atoms with Crippen molar-refractivity contribution in [3.8, 4) is 11.1 Å². The van der Waals surface area contributed by atoms with E-state index in [1.807, 2.05) is 13.4 Å². The van der Waals surface area contributed by atoms with E-state index in [0.29, 0.717) is 52.1 Å². The molecule has 1 nitrogen and oxygen atoms in total. The van der Waals surface area contributed by atoms with Gasteiger partial charge in [-0.25, -0.2) is 0 Å². The Morgan fingerprint density at radius 1 is 0.436 bits per heavy atom. The molecular formula is C75H94NSe2+. The van der Waals surface area contributed by atoms with Gasteiger partial charge in [-0.15, -0.1) is 0 Å². The SMILES string of the molecule is CC1=C/C(=C\C=C2/CC(C(C)(C)C)C/C(=C\C=C3C=C(C45CC6CC(CC(C6)C4)C5)[Se]C(C45CC6CC(CC(C6)C4)C5)=C3)C2=[N+]2c3ccc(C(C)(C)C)cc3-c3cc(C(C)(C)C)ccc32)C=C(C23CC4CC(CC(C4)C2)C3)[Se]1. The Hall–Kier alpha value is -2.93. The van der Waals surface area contributed by atoms with Crippen LogP contribution in [-0.4, -0.2) is 35.6 Å². The van der Waals surface area contributed by atoms with Crippen molar-refractivity contribution in [3.05, 3.63) is 136 Å². The van der Waals surface area contributed by atoms with Crippen molar-refractivity contribution in [2.24, 2.45) is 80.8 Å². The van der Waals surface area contributed by atoms with E-state index in [0.717, 1.165) is 66.1 Å². The van der Waals surface area contributed by atoms with E-state index in [1.165, 1.54) is 177 Å². The van der Waals surface area contributed by atoms with Gasteiger partial charge in [0, 0.05) is 0 Å². The van der Waals surface area contributed by atoms with Gasteiger partial charge >= 0.3 is 436 Å². The van der Waals surface area contributed by atoms with E-state index in [1.54, 1.807) is 4.47 Å². The fourth-order valence-corrected chi connectivity index (χ4v) is 27.0. The molecule has 3 heteroatoms. The van der Waals surface area contributed by atoms with Crippen LogP contribution in [0.1, 0.15) is 209 Å². The zero-order chi connectivity index (χ0) is 53.5. The van der Waals surface area contributed by atoms with E-state index in [2.05, 4.69) is 159 Å². The van der Waals surface area contributed by atoms with Gasteiger partial charge in [-0.2, -0.15) is 0 Å². The first-order valence-electron chi connectivity index (χ1n) is 32.1. The Kier molecular flexibility index (Phi) is 12.2. The number of rotatable bonds is 5. The summed E-state index contributed by atoms with van der Waals surface area (Å²) in [4.78, 5) is 0. The van der Waals surface area contributed by atoms with Crippen LogP contribution in [0.2, 0.25) is 0 Å². The molecule has 3 aliphatic heterocycles. The fourth-order valence-electron chi connectivity index (χ4n) is 21.2. The van der Waals surface area contributed by atoms with E-state index in [9.17, 15) is 0 Å². The van der Waals surface area contributed by atoms with Gasteiger partial charge in [0.05, 0.1) is 0 Å². The Morgan fingerprint density at radius 2 is 0.769 bits per heavy atom. The molecule has 0 aromatic heterocycles. The average molecular weight is 1170 g/mol. The van der Waals surface area contributed by atoms with Crippen LogP contribution in [0.5, 0.6) is 0 Å². The van der Waals surface area contributed by atoms with Crippen LogP contribution in [0.25, 0.3) is 11.1 Å². The third kappa shape index (κ3) is 8.94. The number of allylic oxidation sites excluding steroid dienone is 16. The molecule has 0 radical (unpaired) electrons. The van der Waals surface area contributed by atoms with Gasteiger partial charge in [0.15, 0.2) is 0 Å².